The lowest BCUT2D eigenvalue weighted by molar-refractivity contribution is 0.0861. The number of allylic oxidation sites excluding steroid dienone is 3. The highest BCUT2D eigenvalue weighted by Crippen LogP contribution is 2.59. The molecule has 0 heterocycles. The van der Waals surface area contributed by atoms with Gasteiger partial charge < -0.3 is 15.3 Å². The monoisotopic (exact) mass is 422 g/mol. The zero-order valence-corrected chi connectivity index (χ0v) is 19.1. The standard InChI is InChI=1S/C28H38O3/c1-18(14-20-6-4-8-23(29)15-20)25-11-12-26-21(7-5-13-28(25,26)3)9-10-22-16-24(30)17-27(31)19(22)2/h4,6,8-10,15,18,24-27,29-31H,2,5,7,11-14,16-17H2,1,3H3/b21-9+,22-10+/t18-,24-,25-,26+,27+,28-/m1/s1. The van der Waals surface area contributed by atoms with Gasteiger partial charge in [-0.3, -0.25) is 0 Å². The van der Waals surface area contributed by atoms with Crippen molar-refractivity contribution < 1.29 is 15.3 Å². The Bertz CT molecular complexity index is 882. The van der Waals surface area contributed by atoms with Gasteiger partial charge in [0.15, 0.2) is 0 Å². The Morgan fingerprint density at radius 1 is 1.23 bits per heavy atom. The molecule has 3 aliphatic carbocycles. The maximum absolute atomic E-state index is 10.1. The Balaban J connectivity index is 1.51. The largest absolute Gasteiger partial charge is 0.508 e. The number of phenolic OH excluding ortho intramolecular Hbond substituents is 1. The van der Waals surface area contributed by atoms with Crippen LogP contribution in [0.2, 0.25) is 0 Å². The molecule has 3 fully saturated rings. The normalized spacial score (nSPS) is 37.2. The minimum atomic E-state index is -0.626. The summed E-state index contributed by atoms with van der Waals surface area (Å²) in [5.74, 6) is 2.24. The SMILES string of the molecule is C=C1/C(=C/C=C2\CCC[C@]3(C)[C@@H]([C@H](C)Cc4cccc(O)c4)CC[C@@H]23)C[C@@H](O)C[C@@H]1O. The highest BCUT2D eigenvalue weighted by Gasteiger charge is 2.50. The second-order valence-electron chi connectivity index (χ2n) is 10.5. The number of aliphatic hydroxyl groups excluding tert-OH is 2. The Labute approximate surface area is 187 Å². The predicted octanol–water partition coefficient (Wildman–Crippen LogP) is 5.71. The number of hydrogen-bond donors (Lipinski definition) is 3. The van der Waals surface area contributed by atoms with Crippen molar-refractivity contribution in [1.29, 1.82) is 0 Å². The lowest BCUT2D eigenvalue weighted by atomic mass is 9.60. The van der Waals surface area contributed by atoms with Crippen LogP contribution in [0.25, 0.3) is 0 Å². The molecule has 168 valence electrons. The fourth-order valence-electron chi connectivity index (χ4n) is 6.88. The van der Waals surface area contributed by atoms with Crippen molar-refractivity contribution >= 4 is 0 Å². The van der Waals surface area contributed by atoms with Crippen molar-refractivity contribution in [3.8, 4) is 5.75 Å². The van der Waals surface area contributed by atoms with E-state index in [1.807, 2.05) is 12.1 Å². The molecule has 31 heavy (non-hydrogen) atoms. The van der Waals surface area contributed by atoms with Gasteiger partial charge >= 0.3 is 0 Å². The van der Waals surface area contributed by atoms with E-state index in [9.17, 15) is 15.3 Å². The van der Waals surface area contributed by atoms with Crippen LogP contribution in [0.1, 0.15) is 64.4 Å². The number of hydrogen-bond acceptors (Lipinski definition) is 3. The van der Waals surface area contributed by atoms with Crippen molar-refractivity contribution in [2.45, 2.75) is 77.4 Å². The second kappa shape index (κ2) is 8.96. The second-order valence-corrected chi connectivity index (χ2v) is 10.5. The zero-order valence-electron chi connectivity index (χ0n) is 19.1. The number of aromatic hydroxyl groups is 1. The van der Waals surface area contributed by atoms with Crippen LogP contribution in [-0.4, -0.2) is 27.5 Å². The summed E-state index contributed by atoms with van der Waals surface area (Å²) in [6, 6.07) is 7.72. The quantitative estimate of drug-likeness (QED) is 0.582. The average Bonchev–Trinajstić information content (AvgIpc) is 3.07. The molecule has 0 amide bonds. The maximum Gasteiger partial charge on any atom is 0.115 e. The van der Waals surface area contributed by atoms with Crippen LogP contribution < -0.4 is 0 Å². The molecule has 0 unspecified atom stereocenters. The minimum absolute atomic E-state index is 0.321. The molecule has 0 aromatic heterocycles. The molecule has 3 heteroatoms. The van der Waals surface area contributed by atoms with E-state index >= 15 is 0 Å². The van der Waals surface area contributed by atoms with Crippen molar-refractivity contribution in [2.24, 2.45) is 23.2 Å². The third-order valence-electron chi connectivity index (χ3n) is 8.46. The summed E-state index contributed by atoms with van der Waals surface area (Å²) < 4.78 is 0. The van der Waals surface area contributed by atoms with Crippen LogP contribution in [0.3, 0.4) is 0 Å². The van der Waals surface area contributed by atoms with E-state index in [1.165, 1.54) is 36.8 Å². The van der Waals surface area contributed by atoms with E-state index in [4.69, 9.17) is 0 Å². The van der Waals surface area contributed by atoms with E-state index in [0.29, 0.717) is 41.8 Å². The number of rotatable bonds is 4. The fourth-order valence-corrected chi connectivity index (χ4v) is 6.88. The fraction of sp³-hybridized carbons (Fsp3) is 0.571. The summed E-state index contributed by atoms with van der Waals surface area (Å²) in [6.45, 7) is 8.95. The molecule has 1 aromatic carbocycles. The van der Waals surface area contributed by atoms with Crippen molar-refractivity contribution in [3.05, 3.63) is 65.3 Å². The molecule has 4 rings (SSSR count). The van der Waals surface area contributed by atoms with E-state index in [-0.39, 0.29) is 0 Å². The highest BCUT2D eigenvalue weighted by molar-refractivity contribution is 5.38. The lowest BCUT2D eigenvalue weighted by Crippen LogP contribution is -2.36. The maximum atomic E-state index is 10.1. The average molecular weight is 423 g/mol. The molecule has 0 saturated heterocycles. The third-order valence-corrected chi connectivity index (χ3v) is 8.46. The van der Waals surface area contributed by atoms with Gasteiger partial charge in [-0.05, 0) is 97.0 Å². The van der Waals surface area contributed by atoms with Gasteiger partial charge in [0.2, 0.25) is 0 Å². The molecular formula is C28H38O3. The van der Waals surface area contributed by atoms with Crippen LogP contribution >= 0.6 is 0 Å². The Kier molecular flexibility index (Phi) is 6.46. The zero-order chi connectivity index (χ0) is 22.2. The Morgan fingerprint density at radius 2 is 2.03 bits per heavy atom. The molecule has 3 saturated carbocycles. The first-order valence-corrected chi connectivity index (χ1v) is 12.0. The number of fused-ring (bicyclic) bond motifs is 1. The summed E-state index contributed by atoms with van der Waals surface area (Å²) in [5, 5.41) is 30.0. The van der Waals surface area contributed by atoms with E-state index in [0.717, 1.165) is 24.0 Å². The molecular weight excluding hydrogens is 384 g/mol. The van der Waals surface area contributed by atoms with Crippen LogP contribution in [0, 0.1) is 23.2 Å². The summed E-state index contributed by atoms with van der Waals surface area (Å²) in [4.78, 5) is 0. The van der Waals surface area contributed by atoms with Crippen LogP contribution in [0.15, 0.2) is 59.7 Å². The summed E-state index contributed by atoms with van der Waals surface area (Å²) in [6.07, 6.45) is 11.5. The van der Waals surface area contributed by atoms with E-state index in [2.05, 4.69) is 38.6 Å². The number of benzene rings is 1. The summed E-state index contributed by atoms with van der Waals surface area (Å²) >= 11 is 0. The first kappa shape index (κ1) is 22.4. The van der Waals surface area contributed by atoms with Gasteiger partial charge in [-0.2, -0.15) is 0 Å². The lowest BCUT2D eigenvalue weighted by Gasteiger charge is -2.44. The van der Waals surface area contributed by atoms with Gasteiger partial charge in [0.25, 0.3) is 0 Å². The van der Waals surface area contributed by atoms with Gasteiger partial charge in [-0.15, -0.1) is 0 Å². The van der Waals surface area contributed by atoms with Gasteiger partial charge in [0.1, 0.15) is 5.75 Å². The first-order chi connectivity index (χ1) is 14.8. The number of phenols is 1. The molecule has 3 aliphatic rings. The predicted molar refractivity (Wildman–Crippen MR) is 126 cm³/mol. The molecule has 3 N–H and O–H groups in total. The Morgan fingerprint density at radius 3 is 2.81 bits per heavy atom. The molecule has 0 bridgehead atoms. The smallest absolute Gasteiger partial charge is 0.115 e. The molecule has 0 aliphatic heterocycles. The van der Waals surface area contributed by atoms with Crippen LogP contribution in [-0.2, 0) is 6.42 Å². The van der Waals surface area contributed by atoms with Crippen molar-refractivity contribution in [1.82, 2.24) is 0 Å². The number of aliphatic hydroxyl groups is 2. The van der Waals surface area contributed by atoms with Crippen LogP contribution in [0.4, 0.5) is 0 Å². The topological polar surface area (TPSA) is 60.7 Å². The van der Waals surface area contributed by atoms with Gasteiger partial charge in [-0.25, -0.2) is 0 Å². The van der Waals surface area contributed by atoms with Gasteiger partial charge in [-0.1, -0.05) is 50.3 Å². The third kappa shape index (κ3) is 4.54. The summed E-state index contributed by atoms with van der Waals surface area (Å²) in [7, 11) is 0. The van der Waals surface area contributed by atoms with Gasteiger partial charge in [0.05, 0.1) is 12.2 Å². The molecule has 0 spiro atoms. The van der Waals surface area contributed by atoms with Gasteiger partial charge in [0, 0.05) is 6.42 Å². The van der Waals surface area contributed by atoms with E-state index in [1.54, 1.807) is 6.07 Å². The van der Waals surface area contributed by atoms with Crippen molar-refractivity contribution in [2.75, 3.05) is 0 Å². The molecule has 6 atom stereocenters. The van der Waals surface area contributed by atoms with Crippen molar-refractivity contribution in [3.63, 3.8) is 0 Å². The first-order valence-electron chi connectivity index (χ1n) is 12.0. The van der Waals surface area contributed by atoms with E-state index < -0.39 is 12.2 Å². The molecule has 0 radical (unpaired) electrons. The highest BCUT2D eigenvalue weighted by atomic mass is 16.3. The van der Waals surface area contributed by atoms with Crippen LogP contribution in [0.5, 0.6) is 5.75 Å². The Hall–Kier alpha value is -1.84. The molecule has 3 nitrogen and oxygen atoms in total. The summed E-state index contributed by atoms with van der Waals surface area (Å²) in [5.41, 5.74) is 4.85. The molecule has 1 aromatic rings. The minimum Gasteiger partial charge on any atom is -0.508 e.